The van der Waals surface area contributed by atoms with E-state index < -0.39 is 0 Å². The van der Waals surface area contributed by atoms with Crippen molar-refractivity contribution in [1.82, 2.24) is 9.55 Å². The van der Waals surface area contributed by atoms with Crippen molar-refractivity contribution in [1.29, 1.82) is 0 Å². The number of ether oxygens (including phenoxy) is 2. The number of fused-ring (bicyclic) bond motifs is 1. The number of hydrogen-bond acceptors (Lipinski definition) is 3. The first-order valence-corrected chi connectivity index (χ1v) is 11.3. The number of para-hydroxylation sites is 3. The van der Waals surface area contributed by atoms with E-state index in [-0.39, 0.29) is 11.5 Å². The van der Waals surface area contributed by atoms with E-state index in [2.05, 4.69) is 74.7 Å². The molecule has 1 heterocycles. The van der Waals surface area contributed by atoms with Crippen LogP contribution >= 0.6 is 0 Å². The summed E-state index contributed by atoms with van der Waals surface area (Å²) >= 11 is 0. The van der Waals surface area contributed by atoms with Crippen LogP contribution in [0.4, 0.5) is 0 Å². The van der Waals surface area contributed by atoms with Crippen molar-refractivity contribution >= 4 is 11.0 Å². The fourth-order valence-corrected chi connectivity index (χ4v) is 3.86. The third-order valence-corrected chi connectivity index (χ3v) is 5.62. The van der Waals surface area contributed by atoms with Gasteiger partial charge in [0.05, 0.1) is 17.6 Å². The van der Waals surface area contributed by atoms with E-state index in [9.17, 15) is 0 Å². The van der Waals surface area contributed by atoms with Crippen molar-refractivity contribution in [2.45, 2.75) is 52.2 Å². The molecule has 4 nitrogen and oxygen atoms in total. The van der Waals surface area contributed by atoms with Gasteiger partial charge in [-0.15, -0.1) is 0 Å². The number of hydrogen-bond donors (Lipinski definition) is 0. The second-order valence-corrected chi connectivity index (χ2v) is 9.16. The van der Waals surface area contributed by atoms with E-state index in [4.69, 9.17) is 14.5 Å². The minimum atomic E-state index is -0.157. The van der Waals surface area contributed by atoms with Crippen LogP contribution in [-0.2, 0) is 12.0 Å². The van der Waals surface area contributed by atoms with E-state index in [0.29, 0.717) is 6.61 Å². The van der Waals surface area contributed by atoms with Crippen molar-refractivity contribution in [3.8, 4) is 11.5 Å². The Hall–Kier alpha value is -3.27. The molecule has 4 aromatic rings. The zero-order chi connectivity index (χ0) is 22.6. The first-order valence-electron chi connectivity index (χ1n) is 11.3. The Bertz CT molecular complexity index is 1140. The second kappa shape index (κ2) is 9.47. The lowest BCUT2D eigenvalue weighted by Crippen LogP contribution is -2.13. The molecule has 0 bridgehead atoms. The minimum Gasteiger partial charge on any atom is -0.494 e. The highest BCUT2D eigenvalue weighted by Gasteiger charge is 2.18. The third kappa shape index (κ3) is 5.13. The first kappa shape index (κ1) is 21.9. The second-order valence-electron chi connectivity index (χ2n) is 9.16. The summed E-state index contributed by atoms with van der Waals surface area (Å²) < 4.78 is 14.4. The van der Waals surface area contributed by atoms with Gasteiger partial charge in [0.1, 0.15) is 11.5 Å². The molecule has 1 aromatic heterocycles. The lowest BCUT2D eigenvalue weighted by molar-refractivity contribution is 0.210. The van der Waals surface area contributed by atoms with E-state index in [1.807, 2.05) is 36.4 Å². The van der Waals surface area contributed by atoms with Gasteiger partial charge in [0, 0.05) is 6.54 Å². The van der Waals surface area contributed by atoms with Crippen molar-refractivity contribution in [2.24, 2.45) is 0 Å². The quantitative estimate of drug-likeness (QED) is 0.285. The fourth-order valence-electron chi connectivity index (χ4n) is 3.86. The lowest BCUT2D eigenvalue weighted by Gasteiger charge is -2.19. The van der Waals surface area contributed by atoms with Gasteiger partial charge < -0.3 is 14.0 Å². The Morgan fingerprint density at radius 3 is 2.25 bits per heavy atom. The third-order valence-electron chi connectivity index (χ3n) is 5.62. The highest BCUT2D eigenvalue weighted by atomic mass is 16.5. The van der Waals surface area contributed by atoms with Crippen molar-refractivity contribution < 1.29 is 9.47 Å². The van der Waals surface area contributed by atoms with Gasteiger partial charge in [0.25, 0.3) is 0 Å². The van der Waals surface area contributed by atoms with Gasteiger partial charge in [0.2, 0.25) is 0 Å². The summed E-state index contributed by atoms with van der Waals surface area (Å²) in [6, 6.07) is 26.6. The molecule has 0 aliphatic rings. The number of rotatable bonds is 8. The maximum Gasteiger partial charge on any atom is 0.153 e. The van der Waals surface area contributed by atoms with E-state index >= 15 is 0 Å². The normalized spacial score (nSPS) is 12.6. The largest absolute Gasteiger partial charge is 0.494 e. The fraction of sp³-hybridized carbons (Fsp3) is 0.321. The molecule has 3 aromatic carbocycles. The summed E-state index contributed by atoms with van der Waals surface area (Å²) in [5, 5.41) is 0. The van der Waals surface area contributed by atoms with Gasteiger partial charge in [-0.2, -0.15) is 0 Å². The average Bonchev–Trinajstić information content (AvgIpc) is 3.16. The molecule has 166 valence electrons. The monoisotopic (exact) mass is 428 g/mol. The van der Waals surface area contributed by atoms with Crippen molar-refractivity contribution in [3.05, 3.63) is 90.3 Å². The van der Waals surface area contributed by atoms with Crippen LogP contribution in [0.15, 0.2) is 78.9 Å². The molecule has 32 heavy (non-hydrogen) atoms. The molecule has 4 rings (SSSR count). The van der Waals surface area contributed by atoms with E-state index in [0.717, 1.165) is 41.3 Å². The predicted molar refractivity (Wildman–Crippen MR) is 130 cm³/mol. The SMILES string of the molecule is CC(Oc1ccccc1)c1nc2ccccc2n1CCCOc1ccc(C(C)(C)C)cc1. The standard InChI is InChI=1S/C28H32N2O2/c1-21(32-24-11-6-5-7-12-24)27-29-25-13-8-9-14-26(25)30(27)19-10-20-31-23-17-15-22(16-18-23)28(2,3)4/h5-9,11-18,21H,10,19-20H2,1-4H3. The van der Waals surface area contributed by atoms with Gasteiger partial charge in [0.15, 0.2) is 11.9 Å². The Balaban J connectivity index is 1.43. The summed E-state index contributed by atoms with van der Waals surface area (Å²) in [4.78, 5) is 4.88. The molecular weight excluding hydrogens is 396 g/mol. The molecule has 0 fully saturated rings. The lowest BCUT2D eigenvalue weighted by atomic mass is 9.87. The van der Waals surface area contributed by atoms with Crippen LogP contribution in [0.3, 0.4) is 0 Å². The van der Waals surface area contributed by atoms with Crippen LogP contribution in [-0.4, -0.2) is 16.2 Å². The molecule has 0 saturated heterocycles. The summed E-state index contributed by atoms with van der Waals surface area (Å²) in [6.45, 7) is 10.2. The highest BCUT2D eigenvalue weighted by molar-refractivity contribution is 5.76. The maximum absolute atomic E-state index is 6.17. The Kier molecular flexibility index (Phi) is 6.50. The smallest absolute Gasteiger partial charge is 0.153 e. The molecule has 0 aliphatic carbocycles. The molecule has 0 N–H and O–H groups in total. The van der Waals surface area contributed by atoms with Crippen LogP contribution in [0.25, 0.3) is 11.0 Å². The topological polar surface area (TPSA) is 36.3 Å². The van der Waals surface area contributed by atoms with Crippen LogP contribution < -0.4 is 9.47 Å². The van der Waals surface area contributed by atoms with Crippen molar-refractivity contribution in [2.75, 3.05) is 6.61 Å². The van der Waals surface area contributed by atoms with Gasteiger partial charge in [-0.3, -0.25) is 0 Å². The van der Waals surface area contributed by atoms with Gasteiger partial charge >= 0.3 is 0 Å². The van der Waals surface area contributed by atoms with E-state index in [1.54, 1.807) is 0 Å². The van der Waals surface area contributed by atoms with Gasteiger partial charge in [-0.05, 0) is 60.7 Å². The maximum atomic E-state index is 6.17. The Morgan fingerprint density at radius 2 is 1.53 bits per heavy atom. The van der Waals surface area contributed by atoms with Crippen LogP contribution in [0.1, 0.15) is 51.6 Å². The van der Waals surface area contributed by atoms with Gasteiger partial charge in [-0.1, -0.05) is 63.2 Å². The molecule has 1 atom stereocenters. The number of aromatic nitrogens is 2. The highest BCUT2D eigenvalue weighted by Crippen LogP contribution is 2.26. The van der Waals surface area contributed by atoms with Crippen LogP contribution in [0.5, 0.6) is 11.5 Å². The number of imidazole rings is 1. The first-order chi connectivity index (χ1) is 15.4. The molecular formula is C28H32N2O2. The number of nitrogens with zero attached hydrogens (tertiary/aromatic N) is 2. The zero-order valence-electron chi connectivity index (χ0n) is 19.4. The average molecular weight is 429 g/mol. The van der Waals surface area contributed by atoms with Crippen LogP contribution in [0.2, 0.25) is 0 Å². The van der Waals surface area contributed by atoms with Crippen molar-refractivity contribution in [3.63, 3.8) is 0 Å². The predicted octanol–water partition coefficient (Wildman–Crippen LogP) is 6.94. The summed E-state index contributed by atoms with van der Waals surface area (Å²) in [7, 11) is 0. The molecule has 0 radical (unpaired) electrons. The summed E-state index contributed by atoms with van der Waals surface area (Å²) in [5.41, 5.74) is 3.58. The number of benzene rings is 3. The molecule has 0 aliphatic heterocycles. The Morgan fingerprint density at radius 1 is 0.844 bits per heavy atom. The summed E-state index contributed by atoms with van der Waals surface area (Å²) in [6.07, 6.45) is 0.725. The molecule has 0 spiro atoms. The minimum absolute atomic E-state index is 0.149. The van der Waals surface area contributed by atoms with E-state index in [1.165, 1.54) is 5.56 Å². The number of aryl methyl sites for hydroxylation is 1. The Labute approximate surface area is 190 Å². The molecule has 0 saturated carbocycles. The molecule has 1 unspecified atom stereocenters. The summed E-state index contributed by atoms with van der Waals surface area (Å²) in [5.74, 6) is 2.69. The molecule has 0 amide bonds. The van der Waals surface area contributed by atoms with Gasteiger partial charge in [-0.25, -0.2) is 4.98 Å². The molecule has 4 heteroatoms. The zero-order valence-corrected chi connectivity index (χ0v) is 19.4. The van der Waals surface area contributed by atoms with Crippen LogP contribution in [0, 0.1) is 0 Å².